The van der Waals surface area contributed by atoms with Crippen LogP contribution in [-0.4, -0.2) is 47.6 Å². The molecule has 27 heavy (non-hydrogen) atoms. The fourth-order valence-corrected chi connectivity index (χ4v) is 3.85. The summed E-state index contributed by atoms with van der Waals surface area (Å²) >= 11 is 0. The Morgan fingerprint density at radius 2 is 2.07 bits per heavy atom. The first-order valence-corrected chi connectivity index (χ1v) is 9.52. The van der Waals surface area contributed by atoms with Gasteiger partial charge in [0.1, 0.15) is 0 Å². The molecule has 2 heterocycles. The lowest BCUT2D eigenvalue weighted by atomic mass is 10.1. The fraction of sp³-hybridized carbons (Fsp3) is 0.524. The number of nitrogens with zero attached hydrogens (tertiary/aromatic N) is 2. The smallest absolute Gasteiger partial charge is 0.229 e. The second-order valence-electron chi connectivity index (χ2n) is 7.62. The number of methoxy groups -OCH3 is 1. The summed E-state index contributed by atoms with van der Waals surface area (Å²) in [6.45, 7) is 10.1. The van der Waals surface area contributed by atoms with Crippen LogP contribution in [0, 0.1) is 19.8 Å². The van der Waals surface area contributed by atoms with Crippen molar-refractivity contribution < 1.29 is 14.3 Å². The third-order valence-electron chi connectivity index (χ3n) is 5.58. The van der Waals surface area contributed by atoms with Crippen molar-refractivity contribution in [2.75, 3.05) is 25.6 Å². The Bertz CT molecular complexity index is 869. The van der Waals surface area contributed by atoms with E-state index in [2.05, 4.69) is 23.7 Å². The molecule has 1 saturated heterocycles. The average molecular weight is 371 g/mol. The number of carbonyl (C=O) groups is 2. The Morgan fingerprint density at radius 1 is 1.33 bits per heavy atom. The predicted molar refractivity (Wildman–Crippen MR) is 107 cm³/mol. The van der Waals surface area contributed by atoms with Crippen LogP contribution in [0.5, 0.6) is 0 Å². The van der Waals surface area contributed by atoms with Gasteiger partial charge in [-0.2, -0.15) is 0 Å². The van der Waals surface area contributed by atoms with Crippen molar-refractivity contribution in [3.05, 3.63) is 29.5 Å². The molecule has 1 fully saturated rings. The minimum Gasteiger partial charge on any atom is -0.383 e. The highest BCUT2D eigenvalue weighted by Crippen LogP contribution is 2.29. The Hall–Kier alpha value is -2.34. The molecular weight excluding hydrogens is 342 g/mol. The summed E-state index contributed by atoms with van der Waals surface area (Å²) in [5, 5.41) is 4.14. The summed E-state index contributed by atoms with van der Waals surface area (Å²) < 4.78 is 7.46. The number of rotatable bonds is 6. The standard InChI is InChI=1S/C21H29N3O3/c1-13(2)24-12-16(10-20(24)25)21(26)22-17-6-7-19-18(11-17)14(3)15(4)23(19)8-9-27-5/h6-7,11,13,16H,8-10,12H2,1-5H3,(H,22,26)/t16-/m0/s1. The van der Waals surface area contributed by atoms with E-state index in [9.17, 15) is 9.59 Å². The minimum absolute atomic E-state index is 0.0577. The molecule has 146 valence electrons. The zero-order valence-electron chi connectivity index (χ0n) is 16.8. The summed E-state index contributed by atoms with van der Waals surface area (Å²) in [4.78, 5) is 26.5. The van der Waals surface area contributed by atoms with Crippen molar-refractivity contribution in [2.45, 2.75) is 46.7 Å². The second-order valence-corrected chi connectivity index (χ2v) is 7.62. The number of aromatic nitrogens is 1. The number of aryl methyl sites for hydroxylation is 1. The van der Waals surface area contributed by atoms with Crippen molar-refractivity contribution >= 4 is 28.4 Å². The van der Waals surface area contributed by atoms with Crippen LogP contribution in [0.2, 0.25) is 0 Å². The Kier molecular flexibility index (Phi) is 5.56. The number of hydrogen-bond donors (Lipinski definition) is 1. The summed E-state index contributed by atoms with van der Waals surface area (Å²) in [7, 11) is 1.70. The predicted octanol–water partition coefficient (Wildman–Crippen LogP) is 3.10. The van der Waals surface area contributed by atoms with E-state index >= 15 is 0 Å². The van der Waals surface area contributed by atoms with Gasteiger partial charge in [0.25, 0.3) is 0 Å². The maximum atomic E-state index is 12.7. The van der Waals surface area contributed by atoms with Crippen LogP contribution in [0.1, 0.15) is 31.5 Å². The largest absolute Gasteiger partial charge is 0.383 e. The number of ether oxygens (including phenoxy) is 1. The molecule has 6 heteroatoms. The third-order valence-corrected chi connectivity index (χ3v) is 5.58. The Balaban J connectivity index is 1.79. The number of benzene rings is 1. The maximum Gasteiger partial charge on any atom is 0.229 e. The zero-order valence-corrected chi connectivity index (χ0v) is 16.8. The highest BCUT2D eigenvalue weighted by molar-refractivity contribution is 5.99. The first-order chi connectivity index (χ1) is 12.8. The van der Waals surface area contributed by atoms with Gasteiger partial charge in [-0.25, -0.2) is 0 Å². The highest BCUT2D eigenvalue weighted by atomic mass is 16.5. The summed E-state index contributed by atoms with van der Waals surface area (Å²) in [5.41, 5.74) is 4.33. The van der Waals surface area contributed by atoms with Crippen molar-refractivity contribution in [3.8, 4) is 0 Å². The first-order valence-electron chi connectivity index (χ1n) is 9.52. The molecule has 1 aromatic carbocycles. The van der Waals surface area contributed by atoms with Crippen molar-refractivity contribution in [1.82, 2.24) is 9.47 Å². The Morgan fingerprint density at radius 3 is 2.70 bits per heavy atom. The number of fused-ring (bicyclic) bond motifs is 1. The molecule has 1 N–H and O–H groups in total. The molecule has 1 aliphatic rings. The third kappa shape index (κ3) is 3.72. The lowest BCUT2D eigenvalue weighted by Crippen LogP contribution is -2.33. The van der Waals surface area contributed by atoms with Gasteiger partial charge in [0.2, 0.25) is 11.8 Å². The van der Waals surface area contributed by atoms with Gasteiger partial charge in [-0.1, -0.05) is 0 Å². The van der Waals surface area contributed by atoms with E-state index in [0.29, 0.717) is 13.2 Å². The fourth-order valence-electron chi connectivity index (χ4n) is 3.85. The number of nitrogens with one attached hydrogen (secondary N) is 1. The molecule has 1 aliphatic heterocycles. The molecule has 2 amide bonds. The van der Waals surface area contributed by atoms with E-state index in [-0.39, 0.29) is 30.2 Å². The SMILES string of the molecule is COCCn1c(C)c(C)c2cc(NC(=O)[C@H]3CC(=O)N(C(C)C)C3)ccc21. The van der Waals surface area contributed by atoms with E-state index in [4.69, 9.17) is 4.74 Å². The van der Waals surface area contributed by atoms with Crippen molar-refractivity contribution in [1.29, 1.82) is 0 Å². The first kappa shape index (κ1) is 19.4. The van der Waals surface area contributed by atoms with Crippen LogP contribution >= 0.6 is 0 Å². The van der Waals surface area contributed by atoms with Gasteiger partial charge in [-0.15, -0.1) is 0 Å². The van der Waals surface area contributed by atoms with Crippen LogP contribution in [0.15, 0.2) is 18.2 Å². The van der Waals surface area contributed by atoms with Gasteiger partial charge < -0.3 is 19.5 Å². The molecule has 1 aromatic heterocycles. The lowest BCUT2D eigenvalue weighted by Gasteiger charge is -2.20. The van der Waals surface area contributed by atoms with Crippen LogP contribution in [0.4, 0.5) is 5.69 Å². The topological polar surface area (TPSA) is 63.6 Å². The van der Waals surface area contributed by atoms with E-state index in [1.54, 1.807) is 12.0 Å². The maximum absolute atomic E-state index is 12.7. The molecule has 0 aliphatic carbocycles. The molecule has 0 unspecified atom stereocenters. The summed E-state index contributed by atoms with van der Waals surface area (Å²) in [6, 6.07) is 6.12. The zero-order chi connectivity index (χ0) is 19.7. The molecular formula is C21H29N3O3. The Labute approximate surface area is 160 Å². The average Bonchev–Trinajstić information content (AvgIpc) is 3.13. The molecule has 0 saturated carbocycles. The molecule has 1 atom stereocenters. The van der Waals surface area contributed by atoms with E-state index in [1.807, 2.05) is 32.0 Å². The molecule has 0 bridgehead atoms. The lowest BCUT2D eigenvalue weighted by molar-refractivity contribution is -0.129. The molecule has 6 nitrogen and oxygen atoms in total. The monoisotopic (exact) mass is 371 g/mol. The molecule has 0 radical (unpaired) electrons. The van der Waals surface area contributed by atoms with E-state index in [0.717, 1.165) is 23.1 Å². The van der Waals surface area contributed by atoms with E-state index < -0.39 is 0 Å². The normalized spacial score (nSPS) is 17.3. The van der Waals surface area contributed by atoms with Crippen LogP contribution in [0.25, 0.3) is 10.9 Å². The summed E-state index contributed by atoms with van der Waals surface area (Å²) in [6.07, 6.45) is 0.289. The van der Waals surface area contributed by atoms with Gasteiger partial charge in [-0.3, -0.25) is 9.59 Å². The minimum atomic E-state index is -0.287. The molecule has 0 spiro atoms. The number of amides is 2. The van der Waals surface area contributed by atoms with Gasteiger partial charge in [0, 0.05) is 54.9 Å². The second kappa shape index (κ2) is 7.72. The molecule has 3 rings (SSSR count). The van der Waals surface area contributed by atoms with Crippen molar-refractivity contribution in [3.63, 3.8) is 0 Å². The van der Waals surface area contributed by atoms with Crippen LogP contribution < -0.4 is 5.32 Å². The van der Waals surface area contributed by atoms with Gasteiger partial charge >= 0.3 is 0 Å². The number of hydrogen-bond acceptors (Lipinski definition) is 3. The van der Waals surface area contributed by atoms with Gasteiger partial charge in [-0.05, 0) is 51.5 Å². The molecule has 2 aromatic rings. The number of anilines is 1. The van der Waals surface area contributed by atoms with Crippen molar-refractivity contribution in [2.24, 2.45) is 5.92 Å². The van der Waals surface area contributed by atoms with Crippen LogP contribution in [0.3, 0.4) is 0 Å². The quantitative estimate of drug-likeness (QED) is 0.849. The van der Waals surface area contributed by atoms with E-state index in [1.165, 1.54) is 11.3 Å². The number of carbonyl (C=O) groups excluding carboxylic acids is 2. The highest BCUT2D eigenvalue weighted by Gasteiger charge is 2.35. The van der Waals surface area contributed by atoms with Gasteiger partial charge in [0.05, 0.1) is 12.5 Å². The van der Waals surface area contributed by atoms with Gasteiger partial charge in [0.15, 0.2) is 0 Å². The van der Waals surface area contributed by atoms with Crippen LogP contribution in [-0.2, 0) is 20.9 Å². The summed E-state index contributed by atoms with van der Waals surface area (Å²) in [5.74, 6) is -0.314. The number of likely N-dealkylation sites (tertiary alicyclic amines) is 1.